The van der Waals surface area contributed by atoms with E-state index in [1.807, 2.05) is 20.8 Å². The van der Waals surface area contributed by atoms with Crippen molar-refractivity contribution in [2.75, 3.05) is 6.54 Å². The lowest BCUT2D eigenvalue weighted by atomic mass is 10.0. The lowest BCUT2D eigenvalue weighted by Crippen LogP contribution is -2.49. The van der Waals surface area contributed by atoms with Gasteiger partial charge in [-0.15, -0.1) is 0 Å². The van der Waals surface area contributed by atoms with Crippen LogP contribution in [0.1, 0.15) is 64.5 Å². The van der Waals surface area contributed by atoms with Crippen LogP contribution in [0.15, 0.2) is 24.3 Å². The summed E-state index contributed by atoms with van der Waals surface area (Å²) in [7, 11) is 0. The second-order valence-corrected chi connectivity index (χ2v) is 8.11. The fraction of sp³-hybridized carbons (Fsp3) is 0.632. The van der Waals surface area contributed by atoms with Gasteiger partial charge in [-0.2, -0.15) is 0 Å². The topological polar surface area (TPSA) is 50.4 Å². The Labute approximate surface area is 140 Å². The maximum atomic E-state index is 11.7. The van der Waals surface area contributed by atoms with E-state index < -0.39 is 5.60 Å². The molecule has 0 atom stereocenters. The van der Waals surface area contributed by atoms with Crippen LogP contribution in [0.25, 0.3) is 0 Å². The van der Waals surface area contributed by atoms with Gasteiger partial charge in [0.05, 0.1) is 0 Å². The van der Waals surface area contributed by atoms with Gasteiger partial charge in [0.2, 0.25) is 0 Å². The number of rotatable bonds is 6. The Bertz CT molecular complexity index is 525. The zero-order valence-corrected chi connectivity index (χ0v) is 15.0. The highest BCUT2D eigenvalue weighted by atomic mass is 16.6. The van der Waals surface area contributed by atoms with Crippen molar-refractivity contribution in [1.82, 2.24) is 10.6 Å². The summed E-state index contributed by atoms with van der Waals surface area (Å²) in [5.74, 6) is 0.798. The summed E-state index contributed by atoms with van der Waals surface area (Å²) < 4.78 is 5.26. The number of amides is 1. The molecule has 0 radical (unpaired) electrons. The van der Waals surface area contributed by atoms with Gasteiger partial charge in [0.25, 0.3) is 0 Å². The molecular formula is C19H30N2O2. The minimum atomic E-state index is -0.467. The molecule has 0 bridgehead atoms. The molecule has 0 aromatic heterocycles. The molecule has 1 saturated carbocycles. The van der Waals surface area contributed by atoms with E-state index in [1.54, 1.807) is 0 Å². The minimum Gasteiger partial charge on any atom is -0.444 e. The van der Waals surface area contributed by atoms with Crippen molar-refractivity contribution in [2.24, 2.45) is 0 Å². The molecule has 1 amide bonds. The van der Waals surface area contributed by atoms with Gasteiger partial charge < -0.3 is 15.4 Å². The fourth-order valence-electron chi connectivity index (χ4n) is 2.34. The first kappa shape index (κ1) is 17.8. The molecule has 0 aliphatic heterocycles. The van der Waals surface area contributed by atoms with Gasteiger partial charge in [0.1, 0.15) is 5.60 Å². The van der Waals surface area contributed by atoms with Crippen molar-refractivity contribution in [3.05, 3.63) is 35.4 Å². The van der Waals surface area contributed by atoms with E-state index in [2.05, 4.69) is 48.7 Å². The number of hydrogen-bond acceptors (Lipinski definition) is 3. The highest BCUT2D eigenvalue weighted by Crippen LogP contribution is 2.39. The van der Waals surface area contributed by atoms with Gasteiger partial charge in [-0.05, 0) is 64.5 Å². The molecule has 0 heterocycles. The predicted molar refractivity (Wildman–Crippen MR) is 93.6 cm³/mol. The summed E-state index contributed by atoms with van der Waals surface area (Å²) in [6.45, 7) is 11.0. The molecular weight excluding hydrogens is 288 g/mol. The quantitative estimate of drug-likeness (QED) is 0.835. The second-order valence-electron chi connectivity index (χ2n) is 8.11. The fourth-order valence-corrected chi connectivity index (χ4v) is 2.34. The van der Waals surface area contributed by atoms with Crippen molar-refractivity contribution >= 4 is 6.09 Å². The van der Waals surface area contributed by atoms with Gasteiger partial charge in [-0.1, -0.05) is 24.3 Å². The lowest BCUT2D eigenvalue weighted by molar-refractivity contribution is 0.0513. The molecule has 1 fully saturated rings. The normalized spacial score (nSPS) is 15.3. The van der Waals surface area contributed by atoms with Crippen LogP contribution in [-0.4, -0.2) is 23.8 Å². The number of carbonyl (C=O) groups excluding carboxylic acids is 1. The molecule has 0 saturated heterocycles. The Morgan fingerprint density at radius 2 is 1.74 bits per heavy atom. The molecule has 0 unspecified atom stereocenters. The monoisotopic (exact) mass is 318 g/mol. The summed E-state index contributed by atoms with van der Waals surface area (Å²) >= 11 is 0. The molecule has 23 heavy (non-hydrogen) atoms. The van der Waals surface area contributed by atoms with Gasteiger partial charge in [-0.25, -0.2) is 4.79 Å². The number of benzene rings is 1. The lowest BCUT2D eigenvalue weighted by Gasteiger charge is -2.28. The summed E-state index contributed by atoms with van der Waals surface area (Å²) in [6.07, 6.45) is 2.29. The second kappa shape index (κ2) is 6.91. The maximum Gasteiger partial charge on any atom is 0.407 e. The van der Waals surface area contributed by atoms with Crippen molar-refractivity contribution in [1.29, 1.82) is 0 Å². The van der Waals surface area contributed by atoms with Gasteiger partial charge in [-0.3, -0.25) is 0 Å². The highest BCUT2D eigenvalue weighted by molar-refractivity contribution is 5.67. The van der Waals surface area contributed by atoms with Gasteiger partial charge >= 0.3 is 6.09 Å². The Morgan fingerprint density at radius 3 is 2.26 bits per heavy atom. The Morgan fingerprint density at radius 1 is 1.13 bits per heavy atom. The van der Waals surface area contributed by atoms with Crippen LogP contribution in [-0.2, 0) is 11.3 Å². The zero-order chi connectivity index (χ0) is 17.1. The molecule has 128 valence electrons. The number of hydrogen-bond donors (Lipinski definition) is 2. The molecule has 2 N–H and O–H groups in total. The summed E-state index contributed by atoms with van der Waals surface area (Å²) in [4.78, 5) is 11.7. The molecule has 1 aromatic rings. The SMILES string of the molecule is CC(C)(CNC(=O)OC(C)(C)C)NCc1ccc(C2CC2)cc1. The van der Waals surface area contributed by atoms with Crippen molar-refractivity contribution in [2.45, 2.75) is 71.1 Å². The molecule has 0 spiro atoms. The molecule has 1 aliphatic carbocycles. The van der Waals surface area contributed by atoms with Crippen molar-refractivity contribution < 1.29 is 9.53 Å². The van der Waals surface area contributed by atoms with E-state index in [1.165, 1.54) is 24.0 Å². The summed E-state index contributed by atoms with van der Waals surface area (Å²) in [6, 6.07) is 8.86. The average Bonchev–Trinajstić information content (AvgIpc) is 3.27. The largest absolute Gasteiger partial charge is 0.444 e. The Kier molecular flexibility index (Phi) is 5.35. The first-order valence-corrected chi connectivity index (χ1v) is 8.45. The van der Waals surface area contributed by atoms with Gasteiger partial charge in [0.15, 0.2) is 0 Å². The van der Waals surface area contributed by atoms with Crippen molar-refractivity contribution in [3.8, 4) is 0 Å². The third kappa shape index (κ3) is 6.61. The van der Waals surface area contributed by atoms with Crippen LogP contribution in [0.5, 0.6) is 0 Å². The van der Waals surface area contributed by atoms with E-state index in [9.17, 15) is 4.79 Å². The van der Waals surface area contributed by atoms with E-state index in [0.29, 0.717) is 6.54 Å². The van der Waals surface area contributed by atoms with E-state index in [4.69, 9.17) is 4.74 Å². The predicted octanol–water partition coefficient (Wildman–Crippen LogP) is 3.96. The minimum absolute atomic E-state index is 0.202. The molecule has 4 heteroatoms. The van der Waals surface area contributed by atoms with E-state index >= 15 is 0 Å². The highest BCUT2D eigenvalue weighted by Gasteiger charge is 2.23. The number of carbonyl (C=O) groups is 1. The standard InChI is InChI=1S/C19H30N2O2/c1-18(2,3)23-17(22)20-13-19(4,5)21-12-14-6-8-15(9-7-14)16-10-11-16/h6-9,16,21H,10-13H2,1-5H3,(H,20,22). The zero-order valence-electron chi connectivity index (χ0n) is 15.0. The summed E-state index contributed by atoms with van der Waals surface area (Å²) in [5, 5.41) is 6.31. The maximum absolute atomic E-state index is 11.7. The first-order valence-electron chi connectivity index (χ1n) is 8.45. The summed E-state index contributed by atoms with van der Waals surface area (Å²) in [5.41, 5.74) is 2.05. The Hall–Kier alpha value is -1.55. The molecule has 1 aliphatic rings. The molecule has 2 rings (SSSR count). The molecule has 4 nitrogen and oxygen atoms in total. The Balaban J connectivity index is 1.75. The van der Waals surface area contributed by atoms with Crippen LogP contribution >= 0.6 is 0 Å². The molecule has 1 aromatic carbocycles. The third-order valence-electron chi connectivity index (χ3n) is 3.87. The number of alkyl carbamates (subject to hydrolysis) is 1. The smallest absolute Gasteiger partial charge is 0.407 e. The number of ether oxygens (including phenoxy) is 1. The first-order chi connectivity index (χ1) is 10.6. The van der Waals surface area contributed by atoms with Crippen LogP contribution < -0.4 is 10.6 Å². The van der Waals surface area contributed by atoms with E-state index in [-0.39, 0.29) is 11.6 Å². The third-order valence-corrected chi connectivity index (χ3v) is 3.87. The number of nitrogens with one attached hydrogen (secondary N) is 2. The van der Waals surface area contributed by atoms with Crippen molar-refractivity contribution in [3.63, 3.8) is 0 Å². The van der Waals surface area contributed by atoms with E-state index in [0.717, 1.165) is 12.5 Å². The van der Waals surface area contributed by atoms with Crippen LogP contribution in [0.3, 0.4) is 0 Å². The average molecular weight is 318 g/mol. The van der Waals surface area contributed by atoms with Crippen LogP contribution in [0.2, 0.25) is 0 Å². The van der Waals surface area contributed by atoms with Gasteiger partial charge in [0, 0.05) is 18.6 Å². The van der Waals surface area contributed by atoms with Crippen LogP contribution in [0, 0.1) is 0 Å². The van der Waals surface area contributed by atoms with Crippen LogP contribution in [0.4, 0.5) is 4.79 Å².